The summed E-state index contributed by atoms with van der Waals surface area (Å²) in [5.41, 5.74) is 0. The van der Waals surface area contributed by atoms with Gasteiger partial charge in [-0.25, -0.2) is 0 Å². The Kier molecular flexibility index (Phi) is 57.2. The molecule has 0 rings (SSSR count). The van der Waals surface area contributed by atoms with Gasteiger partial charge < -0.3 is 27.9 Å². The van der Waals surface area contributed by atoms with Crippen molar-refractivity contribution >= 4 is 19.8 Å². The van der Waals surface area contributed by atoms with Gasteiger partial charge in [0, 0.05) is 12.8 Å². The number of nitrogens with zero attached hydrogens (tertiary/aromatic N) is 1. The minimum Gasteiger partial charge on any atom is -0.756 e. The number of rotatable bonds is 60. The van der Waals surface area contributed by atoms with Gasteiger partial charge >= 0.3 is 11.9 Å². The molecule has 0 aliphatic rings. The van der Waals surface area contributed by atoms with Crippen molar-refractivity contribution in [1.29, 1.82) is 0 Å². The summed E-state index contributed by atoms with van der Waals surface area (Å²) in [6, 6.07) is 0. The first-order chi connectivity index (χ1) is 38.0. The highest BCUT2D eigenvalue weighted by Crippen LogP contribution is 2.38. The van der Waals surface area contributed by atoms with Gasteiger partial charge in [0.25, 0.3) is 7.82 Å². The third kappa shape index (κ3) is 62.6. The molecule has 0 amide bonds. The van der Waals surface area contributed by atoms with Crippen LogP contribution in [0, 0.1) is 0 Å². The van der Waals surface area contributed by atoms with Crippen LogP contribution in [0.25, 0.3) is 0 Å². The maximum absolute atomic E-state index is 12.8. The van der Waals surface area contributed by atoms with Gasteiger partial charge in [0.15, 0.2) is 6.10 Å². The summed E-state index contributed by atoms with van der Waals surface area (Å²) in [5, 5.41) is 0. The van der Waals surface area contributed by atoms with Crippen LogP contribution in [0.2, 0.25) is 0 Å². The minimum absolute atomic E-state index is 0.0353. The summed E-state index contributed by atoms with van der Waals surface area (Å²) < 4.78 is 34.2. The van der Waals surface area contributed by atoms with E-state index in [0.29, 0.717) is 17.4 Å². The lowest BCUT2D eigenvalue weighted by Gasteiger charge is -2.28. The van der Waals surface area contributed by atoms with E-state index in [4.69, 9.17) is 18.5 Å². The van der Waals surface area contributed by atoms with Gasteiger partial charge in [0.2, 0.25) is 0 Å². The second-order valence-corrected chi connectivity index (χ2v) is 24.5. The van der Waals surface area contributed by atoms with Crippen LogP contribution in [0.1, 0.15) is 296 Å². The number of phosphoric ester groups is 1. The highest BCUT2D eigenvalue weighted by molar-refractivity contribution is 7.45. The van der Waals surface area contributed by atoms with Crippen molar-refractivity contribution < 1.29 is 42.1 Å². The van der Waals surface area contributed by atoms with Crippen molar-refractivity contribution in [2.24, 2.45) is 0 Å². The summed E-state index contributed by atoms with van der Waals surface area (Å²) in [5.74, 6) is -0.841. The lowest BCUT2D eigenvalue weighted by Crippen LogP contribution is -2.37. The number of ether oxygens (including phenoxy) is 2. The van der Waals surface area contributed by atoms with Gasteiger partial charge in [-0.3, -0.25) is 14.2 Å². The van der Waals surface area contributed by atoms with Gasteiger partial charge in [0.1, 0.15) is 19.8 Å². The third-order valence-electron chi connectivity index (χ3n) is 14.2. The minimum atomic E-state index is -4.64. The number of quaternary nitrogens is 1. The fourth-order valence-corrected chi connectivity index (χ4v) is 9.94. The molecule has 0 fully saturated rings. The van der Waals surface area contributed by atoms with Gasteiger partial charge in [-0.1, -0.05) is 273 Å². The van der Waals surface area contributed by atoms with E-state index in [9.17, 15) is 19.0 Å². The van der Waals surface area contributed by atoms with Crippen LogP contribution in [0.4, 0.5) is 0 Å². The van der Waals surface area contributed by atoms with E-state index < -0.39 is 26.5 Å². The van der Waals surface area contributed by atoms with E-state index in [1.807, 2.05) is 21.1 Å². The number of allylic oxidation sites excluding steroid dienone is 12. The molecule has 0 bridgehead atoms. The van der Waals surface area contributed by atoms with Crippen LogP contribution in [-0.2, 0) is 32.7 Å². The number of hydrogen-bond acceptors (Lipinski definition) is 8. The molecule has 78 heavy (non-hydrogen) atoms. The van der Waals surface area contributed by atoms with E-state index in [2.05, 4.69) is 86.8 Å². The largest absolute Gasteiger partial charge is 0.756 e. The molecule has 0 aromatic carbocycles. The molecule has 9 nitrogen and oxygen atoms in total. The number of likely N-dealkylation sites (N-methyl/N-ethyl adjacent to an activating group) is 1. The van der Waals surface area contributed by atoms with Gasteiger partial charge in [-0.2, -0.15) is 0 Å². The molecule has 2 atom stereocenters. The van der Waals surface area contributed by atoms with E-state index in [1.54, 1.807) is 0 Å². The van der Waals surface area contributed by atoms with E-state index in [0.717, 1.165) is 89.9 Å². The van der Waals surface area contributed by atoms with Crippen LogP contribution < -0.4 is 4.89 Å². The molecule has 0 aromatic heterocycles. The topological polar surface area (TPSA) is 111 Å². The Bertz CT molecular complexity index is 1550. The Morgan fingerprint density at radius 1 is 0.410 bits per heavy atom. The highest BCUT2D eigenvalue weighted by atomic mass is 31.2. The number of carbonyl (C=O) groups excluding carboxylic acids is 2. The van der Waals surface area contributed by atoms with Gasteiger partial charge in [-0.05, 0) is 83.5 Å². The van der Waals surface area contributed by atoms with Crippen LogP contribution in [0.3, 0.4) is 0 Å². The number of phosphoric acid groups is 1. The standard InChI is InChI=1S/C68H124NO8P/c1-6-8-10-12-14-16-18-20-22-24-26-27-28-29-30-31-32-33-34-35-36-37-38-39-40-41-43-44-46-48-50-52-54-56-58-60-67(70)74-64-66(65-76-78(72,73)75-63-62-69(3,4)5)77-68(71)61-59-57-55-53-51-49-47-45-42-25-23-21-19-17-15-13-11-9-7-2/h9,11,15,17-18,20-21,23-24,26,42,45,66H,6-8,10,12-14,16,19,22,25,27-41,43-44,46-65H2,1-5H3/b11-9-,17-15-,20-18-,23-21-,26-24-,45-42-. The van der Waals surface area contributed by atoms with E-state index in [-0.39, 0.29) is 32.0 Å². The molecule has 0 heterocycles. The zero-order chi connectivity index (χ0) is 57.0. The number of hydrogen-bond donors (Lipinski definition) is 0. The molecule has 0 N–H and O–H groups in total. The third-order valence-corrected chi connectivity index (χ3v) is 15.2. The SMILES string of the molecule is CC/C=C\C/C=C\C/C=C\C/C=C\CCCCCCCCC(=O)OC(COC(=O)CCCCCCCCCCCCCCCCCCCCCCCCC/C=C\C/C=C\CCCCCCC)COP(=O)([O-])OCC[N+](C)(C)C. The Labute approximate surface area is 482 Å². The summed E-state index contributed by atoms with van der Waals surface area (Å²) in [6.07, 6.45) is 78.4. The Morgan fingerprint density at radius 2 is 0.731 bits per heavy atom. The Morgan fingerprint density at radius 3 is 1.09 bits per heavy atom. The normalized spacial score (nSPS) is 13.7. The fourth-order valence-electron chi connectivity index (χ4n) is 9.21. The average Bonchev–Trinajstić information content (AvgIpc) is 3.41. The molecule has 10 heteroatoms. The summed E-state index contributed by atoms with van der Waals surface area (Å²) in [7, 11) is 1.16. The summed E-state index contributed by atoms with van der Waals surface area (Å²) >= 11 is 0. The number of esters is 2. The second-order valence-electron chi connectivity index (χ2n) is 23.1. The molecule has 0 spiro atoms. The lowest BCUT2D eigenvalue weighted by molar-refractivity contribution is -0.870. The summed E-state index contributed by atoms with van der Waals surface area (Å²) in [4.78, 5) is 37.9. The first-order valence-electron chi connectivity index (χ1n) is 32.6. The first-order valence-corrected chi connectivity index (χ1v) is 34.1. The van der Waals surface area contributed by atoms with Crippen LogP contribution in [0.5, 0.6) is 0 Å². The Hall–Kier alpha value is -2.55. The maximum atomic E-state index is 12.8. The summed E-state index contributed by atoms with van der Waals surface area (Å²) in [6.45, 7) is 4.13. The molecule has 2 unspecified atom stereocenters. The molecular formula is C68H124NO8P. The molecule has 0 aromatic rings. The Balaban J connectivity index is 3.99. The average molecular weight is 1110 g/mol. The smallest absolute Gasteiger partial charge is 0.306 e. The molecule has 0 saturated heterocycles. The zero-order valence-electron chi connectivity index (χ0n) is 51.6. The van der Waals surface area contributed by atoms with Crippen LogP contribution in [0.15, 0.2) is 72.9 Å². The monoisotopic (exact) mass is 1110 g/mol. The molecule has 0 saturated carbocycles. The predicted octanol–water partition coefficient (Wildman–Crippen LogP) is 20.2. The van der Waals surface area contributed by atoms with Crippen LogP contribution in [-0.4, -0.2) is 70.0 Å². The highest BCUT2D eigenvalue weighted by Gasteiger charge is 2.22. The predicted molar refractivity (Wildman–Crippen MR) is 333 cm³/mol. The lowest BCUT2D eigenvalue weighted by atomic mass is 10.0. The van der Waals surface area contributed by atoms with Crippen molar-refractivity contribution in [2.45, 2.75) is 302 Å². The van der Waals surface area contributed by atoms with Gasteiger partial charge in [0.05, 0.1) is 27.7 Å². The number of carbonyl (C=O) groups is 2. The van der Waals surface area contributed by atoms with Crippen molar-refractivity contribution in [2.75, 3.05) is 47.5 Å². The van der Waals surface area contributed by atoms with Crippen molar-refractivity contribution in [3.8, 4) is 0 Å². The molecule has 0 aliphatic heterocycles. The maximum Gasteiger partial charge on any atom is 0.306 e. The number of unbranched alkanes of at least 4 members (excludes halogenated alkanes) is 34. The van der Waals surface area contributed by atoms with E-state index in [1.165, 1.54) is 173 Å². The second kappa shape index (κ2) is 59.1. The molecule has 0 aliphatic carbocycles. The molecule has 0 radical (unpaired) electrons. The fraction of sp³-hybridized carbons (Fsp3) is 0.794. The quantitative estimate of drug-likeness (QED) is 0.0195. The first kappa shape index (κ1) is 75.5. The van der Waals surface area contributed by atoms with Crippen molar-refractivity contribution in [3.63, 3.8) is 0 Å². The van der Waals surface area contributed by atoms with Gasteiger partial charge in [-0.15, -0.1) is 0 Å². The molecule has 454 valence electrons. The zero-order valence-corrected chi connectivity index (χ0v) is 52.5. The van der Waals surface area contributed by atoms with Crippen LogP contribution >= 0.6 is 7.82 Å². The van der Waals surface area contributed by atoms with Crippen molar-refractivity contribution in [3.05, 3.63) is 72.9 Å². The van der Waals surface area contributed by atoms with Crippen molar-refractivity contribution in [1.82, 2.24) is 0 Å². The van der Waals surface area contributed by atoms with E-state index >= 15 is 0 Å². The molecular weight excluding hydrogens is 990 g/mol.